The molecular formula is C15H10N4O. The van der Waals surface area contributed by atoms with Gasteiger partial charge in [-0.25, -0.2) is 4.98 Å². The van der Waals surface area contributed by atoms with Crippen molar-refractivity contribution in [1.82, 2.24) is 9.97 Å². The lowest BCUT2D eigenvalue weighted by atomic mass is 10.1. The zero-order valence-electron chi connectivity index (χ0n) is 10.4. The first kappa shape index (κ1) is 11.9. The maximum Gasteiger partial charge on any atom is 0.255 e. The third-order valence-electron chi connectivity index (χ3n) is 2.93. The van der Waals surface area contributed by atoms with Crippen molar-refractivity contribution in [1.29, 1.82) is 5.26 Å². The van der Waals surface area contributed by atoms with Crippen LogP contribution in [0.1, 0.15) is 15.9 Å². The maximum absolute atomic E-state index is 12.2. The van der Waals surface area contributed by atoms with Crippen LogP contribution in [0, 0.1) is 11.3 Å². The molecule has 1 aromatic heterocycles. The van der Waals surface area contributed by atoms with E-state index in [0.717, 1.165) is 11.0 Å². The summed E-state index contributed by atoms with van der Waals surface area (Å²) >= 11 is 0. The molecule has 0 unspecified atom stereocenters. The van der Waals surface area contributed by atoms with Gasteiger partial charge in [-0.15, -0.1) is 0 Å². The van der Waals surface area contributed by atoms with E-state index in [1.54, 1.807) is 48.8 Å². The predicted molar refractivity (Wildman–Crippen MR) is 75.2 cm³/mol. The number of carbonyl (C=O) groups excluding carboxylic acids is 1. The molecule has 5 heteroatoms. The zero-order chi connectivity index (χ0) is 13.9. The van der Waals surface area contributed by atoms with Gasteiger partial charge in [0.25, 0.3) is 5.91 Å². The Hall–Kier alpha value is -3.13. The quantitative estimate of drug-likeness (QED) is 0.745. The van der Waals surface area contributed by atoms with Crippen LogP contribution in [0.15, 0.2) is 48.8 Å². The Morgan fingerprint density at radius 3 is 3.00 bits per heavy atom. The summed E-state index contributed by atoms with van der Waals surface area (Å²) in [6, 6.07) is 14.1. The average molecular weight is 262 g/mol. The smallest absolute Gasteiger partial charge is 0.255 e. The molecule has 0 saturated carbocycles. The first-order chi connectivity index (χ1) is 9.76. The molecule has 0 atom stereocenters. The number of aromatic nitrogens is 2. The van der Waals surface area contributed by atoms with E-state index in [0.29, 0.717) is 16.8 Å². The summed E-state index contributed by atoms with van der Waals surface area (Å²) in [7, 11) is 0. The summed E-state index contributed by atoms with van der Waals surface area (Å²) in [5.74, 6) is -0.225. The minimum Gasteiger partial charge on any atom is -0.345 e. The van der Waals surface area contributed by atoms with E-state index < -0.39 is 0 Å². The predicted octanol–water partition coefficient (Wildman–Crippen LogP) is 2.69. The van der Waals surface area contributed by atoms with E-state index in [9.17, 15) is 4.79 Å². The number of benzene rings is 2. The number of nitrogens with one attached hydrogen (secondary N) is 2. The number of imidazole rings is 1. The second kappa shape index (κ2) is 4.86. The van der Waals surface area contributed by atoms with Gasteiger partial charge >= 0.3 is 0 Å². The Labute approximate surface area is 114 Å². The third-order valence-corrected chi connectivity index (χ3v) is 2.93. The minimum atomic E-state index is -0.225. The molecule has 20 heavy (non-hydrogen) atoms. The van der Waals surface area contributed by atoms with E-state index in [-0.39, 0.29) is 5.91 Å². The number of fused-ring (bicyclic) bond motifs is 1. The van der Waals surface area contributed by atoms with Crippen molar-refractivity contribution in [3.05, 3.63) is 59.9 Å². The second-order valence-corrected chi connectivity index (χ2v) is 4.28. The number of aromatic amines is 1. The summed E-state index contributed by atoms with van der Waals surface area (Å²) in [4.78, 5) is 19.2. The lowest BCUT2D eigenvalue weighted by molar-refractivity contribution is 0.102. The highest BCUT2D eigenvalue weighted by Crippen LogP contribution is 2.15. The highest BCUT2D eigenvalue weighted by Gasteiger charge is 2.08. The van der Waals surface area contributed by atoms with Crippen LogP contribution in [0.4, 0.5) is 5.69 Å². The first-order valence-electron chi connectivity index (χ1n) is 6.01. The van der Waals surface area contributed by atoms with Gasteiger partial charge in [-0.05, 0) is 36.4 Å². The second-order valence-electron chi connectivity index (χ2n) is 4.28. The van der Waals surface area contributed by atoms with Gasteiger partial charge in [-0.3, -0.25) is 4.79 Å². The molecule has 0 aliphatic carbocycles. The van der Waals surface area contributed by atoms with Crippen molar-refractivity contribution in [3.8, 4) is 6.07 Å². The van der Waals surface area contributed by atoms with E-state index in [1.165, 1.54) is 0 Å². The fourth-order valence-corrected chi connectivity index (χ4v) is 1.95. The van der Waals surface area contributed by atoms with Gasteiger partial charge in [0.05, 0.1) is 29.0 Å². The number of nitrogens with zero attached hydrogens (tertiary/aromatic N) is 2. The Balaban J connectivity index is 1.86. The van der Waals surface area contributed by atoms with Crippen LogP contribution in [-0.2, 0) is 0 Å². The normalized spacial score (nSPS) is 10.2. The van der Waals surface area contributed by atoms with Crippen molar-refractivity contribution in [3.63, 3.8) is 0 Å². The molecule has 1 amide bonds. The highest BCUT2D eigenvalue weighted by molar-refractivity contribution is 6.05. The van der Waals surface area contributed by atoms with E-state index in [4.69, 9.17) is 5.26 Å². The molecule has 0 aliphatic rings. The first-order valence-corrected chi connectivity index (χ1v) is 6.01. The van der Waals surface area contributed by atoms with Crippen LogP contribution in [0.5, 0.6) is 0 Å². The molecule has 3 rings (SSSR count). The van der Waals surface area contributed by atoms with Gasteiger partial charge in [-0.2, -0.15) is 5.26 Å². The largest absolute Gasteiger partial charge is 0.345 e. The molecule has 0 bridgehead atoms. The Kier molecular flexibility index (Phi) is 2.90. The molecule has 0 fully saturated rings. The van der Waals surface area contributed by atoms with Gasteiger partial charge < -0.3 is 10.3 Å². The van der Waals surface area contributed by atoms with Gasteiger partial charge in [0.1, 0.15) is 0 Å². The molecule has 3 aromatic rings. The molecule has 2 N–H and O–H groups in total. The number of nitriles is 1. The van der Waals surface area contributed by atoms with Gasteiger partial charge in [0.2, 0.25) is 0 Å². The lowest BCUT2D eigenvalue weighted by Gasteiger charge is -2.05. The standard InChI is InChI=1S/C15H10N4O/c16-8-10-2-1-3-12(6-10)19-15(20)11-4-5-13-14(7-11)18-9-17-13/h1-7,9H,(H,17,18)(H,19,20). The average Bonchev–Trinajstić information content (AvgIpc) is 2.94. The number of hydrogen-bond acceptors (Lipinski definition) is 3. The van der Waals surface area contributed by atoms with Gasteiger partial charge in [0.15, 0.2) is 0 Å². The van der Waals surface area contributed by atoms with E-state index in [2.05, 4.69) is 15.3 Å². The minimum absolute atomic E-state index is 0.225. The number of amides is 1. The molecule has 2 aromatic carbocycles. The number of anilines is 1. The molecule has 0 spiro atoms. The number of hydrogen-bond donors (Lipinski definition) is 2. The molecule has 0 aliphatic heterocycles. The van der Waals surface area contributed by atoms with Crippen LogP contribution < -0.4 is 5.32 Å². The lowest BCUT2D eigenvalue weighted by Crippen LogP contribution is -2.11. The molecule has 0 radical (unpaired) electrons. The summed E-state index contributed by atoms with van der Waals surface area (Å²) in [6.45, 7) is 0. The monoisotopic (exact) mass is 262 g/mol. The van der Waals surface area contributed by atoms with E-state index >= 15 is 0 Å². The van der Waals surface area contributed by atoms with Crippen LogP contribution >= 0.6 is 0 Å². The van der Waals surface area contributed by atoms with Crippen LogP contribution in [-0.4, -0.2) is 15.9 Å². The Bertz CT molecular complexity index is 829. The molecular weight excluding hydrogens is 252 g/mol. The van der Waals surface area contributed by atoms with Crippen molar-refractivity contribution in [2.45, 2.75) is 0 Å². The van der Waals surface area contributed by atoms with Crippen LogP contribution in [0.25, 0.3) is 11.0 Å². The summed E-state index contributed by atoms with van der Waals surface area (Å²) in [6.07, 6.45) is 1.59. The van der Waals surface area contributed by atoms with Crippen molar-refractivity contribution in [2.24, 2.45) is 0 Å². The fourth-order valence-electron chi connectivity index (χ4n) is 1.95. The number of carbonyl (C=O) groups is 1. The van der Waals surface area contributed by atoms with Gasteiger partial charge in [0, 0.05) is 11.3 Å². The summed E-state index contributed by atoms with van der Waals surface area (Å²) < 4.78 is 0. The number of rotatable bonds is 2. The zero-order valence-corrected chi connectivity index (χ0v) is 10.4. The molecule has 5 nitrogen and oxygen atoms in total. The SMILES string of the molecule is N#Cc1cccc(NC(=O)c2ccc3nc[nH]c3c2)c1. The van der Waals surface area contributed by atoms with Gasteiger partial charge in [-0.1, -0.05) is 6.07 Å². The van der Waals surface area contributed by atoms with Crippen LogP contribution in [0.3, 0.4) is 0 Å². The Morgan fingerprint density at radius 1 is 1.25 bits per heavy atom. The summed E-state index contributed by atoms with van der Waals surface area (Å²) in [5, 5.41) is 11.6. The third kappa shape index (κ3) is 2.22. The topological polar surface area (TPSA) is 81.6 Å². The maximum atomic E-state index is 12.2. The van der Waals surface area contributed by atoms with Crippen molar-refractivity contribution >= 4 is 22.6 Å². The van der Waals surface area contributed by atoms with Crippen molar-refractivity contribution in [2.75, 3.05) is 5.32 Å². The van der Waals surface area contributed by atoms with Crippen molar-refractivity contribution < 1.29 is 4.79 Å². The molecule has 96 valence electrons. The summed E-state index contributed by atoms with van der Waals surface area (Å²) in [5.41, 5.74) is 3.26. The fraction of sp³-hybridized carbons (Fsp3) is 0. The molecule has 0 saturated heterocycles. The number of H-pyrrole nitrogens is 1. The van der Waals surface area contributed by atoms with E-state index in [1.807, 2.05) is 6.07 Å². The molecule has 1 heterocycles. The van der Waals surface area contributed by atoms with Crippen LogP contribution in [0.2, 0.25) is 0 Å². The highest BCUT2D eigenvalue weighted by atomic mass is 16.1. The Morgan fingerprint density at radius 2 is 2.15 bits per heavy atom.